The van der Waals surface area contributed by atoms with Crippen molar-refractivity contribution in [2.45, 2.75) is 13.8 Å². The van der Waals surface area contributed by atoms with Crippen LogP contribution in [0.2, 0.25) is 0 Å². The van der Waals surface area contributed by atoms with Crippen molar-refractivity contribution in [3.63, 3.8) is 0 Å². The molecule has 2 aromatic heterocycles. The van der Waals surface area contributed by atoms with Crippen LogP contribution in [0.25, 0.3) is 16.7 Å². The van der Waals surface area contributed by atoms with E-state index in [9.17, 15) is 4.79 Å². The van der Waals surface area contributed by atoms with Gasteiger partial charge in [0.05, 0.1) is 17.3 Å². The van der Waals surface area contributed by atoms with Crippen LogP contribution in [-0.4, -0.2) is 25.7 Å². The van der Waals surface area contributed by atoms with Crippen LogP contribution in [0.4, 0.5) is 5.82 Å². The Morgan fingerprint density at radius 1 is 1.00 bits per heavy atom. The molecule has 1 amide bonds. The molecule has 0 bridgehead atoms. The van der Waals surface area contributed by atoms with E-state index in [2.05, 4.69) is 51.9 Å². The molecule has 0 radical (unpaired) electrons. The number of anilines is 1. The summed E-state index contributed by atoms with van der Waals surface area (Å²) in [6.45, 7) is 4.13. The van der Waals surface area contributed by atoms with E-state index in [0.29, 0.717) is 22.4 Å². The van der Waals surface area contributed by atoms with Gasteiger partial charge in [-0.1, -0.05) is 24.3 Å². The Kier molecular flexibility index (Phi) is 4.25. The molecule has 0 unspecified atom stereocenters. The highest BCUT2D eigenvalue weighted by atomic mass is 16.2. The van der Waals surface area contributed by atoms with E-state index in [4.69, 9.17) is 0 Å². The Morgan fingerprint density at radius 2 is 1.81 bits per heavy atom. The quantitative estimate of drug-likeness (QED) is 0.547. The maximum Gasteiger partial charge on any atom is 0.269 e. The third kappa shape index (κ3) is 3.22. The third-order valence-electron chi connectivity index (χ3n) is 4.43. The summed E-state index contributed by atoms with van der Waals surface area (Å²) in [6.07, 6.45) is 3.13. The molecule has 4 aromatic rings. The van der Waals surface area contributed by atoms with Crippen molar-refractivity contribution in [3.05, 3.63) is 77.7 Å². The molecule has 0 saturated heterocycles. The van der Waals surface area contributed by atoms with Crippen LogP contribution in [0.15, 0.2) is 61.1 Å². The van der Waals surface area contributed by atoms with Gasteiger partial charge < -0.3 is 0 Å². The van der Waals surface area contributed by atoms with Crippen LogP contribution >= 0.6 is 0 Å². The maximum absolute atomic E-state index is 12.2. The summed E-state index contributed by atoms with van der Waals surface area (Å²) >= 11 is 0. The number of hydrazine groups is 1. The van der Waals surface area contributed by atoms with Crippen molar-refractivity contribution in [2.75, 3.05) is 5.43 Å². The number of hydrogen-bond donors (Lipinski definition) is 2. The van der Waals surface area contributed by atoms with Crippen LogP contribution < -0.4 is 10.9 Å². The van der Waals surface area contributed by atoms with Gasteiger partial charge in [0.15, 0.2) is 11.5 Å². The molecule has 2 heterocycles. The second kappa shape index (κ2) is 6.87. The number of nitrogens with zero attached hydrogens (tertiary/aromatic N) is 4. The van der Waals surface area contributed by atoms with Crippen LogP contribution in [0.1, 0.15) is 21.5 Å². The first kappa shape index (κ1) is 16.7. The molecule has 0 aliphatic carbocycles. The molecule has 27 heavy (non-hydrogen) atoms. The lowest BCUT2D eigenvalue weighted by Gasteiger charge is -2.09. The van der Waals surface area contributed by atoms with Crippen molar-refractivity contribution in [2.24, 2.45) is 0 Å². The van der Waals surface area contributed by atoms with Crippen LogP contribution in [0, 0.1) is 13.8 Å². The summed E-state index contributed by atoms with van der Waals surface area (Å²) in [5, 5.41) is 5.16. The summed E-state index contributed by atoms with van der Waals surface area (Å²) in [5.74, 6) is 0.239. The van der Waals surface area contributed by atoms with Crippen molar-refractivity contribution < 1.29 is 4.79 Å². The van der Waals surface area contributed by atoms with Crippen molar-refractivity contribution in [1.29, 1.82) is 0 Å². The molecule has 134 valence electrons. The average Bonchev–Trinajstić information content (AvgIpc) is 3.13. The molecule has 4 rings (SSSR count). The molecule has 0 aliphatic rings. The highest BCUT2D eigenvalue weighted by Crippen LogP contribution is 2.22. The first-order valence-corrected chi connectivity index (χ1v) is 8.51. The highest BCUT2D eigenvalue weighted by Gasteiger charge is 2.12. The Hall–Kier alpha value is -3.74. The predicted molar refractivity (Wildman–Crippen MR) is 104 cm³/mol. The molecule has 0 aliphatic heterocycles. The van der Waals surface area contributed by atoms with Crippen LogP contribution in [0.5, 0.6) is 0 Å². The fourth-order valence-corrected chi connectivity index (χ4v) is 2.77. The molecule has 0 spiro atoms. The number of rotatable bonds is 4. The van der Waals surface area contributed by atoms with Crippen LogP contribution in [-0.2, 0) is 0 Å². The topological polar surface area (TPSA) is 84.7 Å². The van der Waals surface area contributed by atoms with E-state index >= 15 is 0 Å². The summed E-state index contributed by atoms with van der Waals surface area (Å²) < 4.78 is 1.76. The predicted octanol–water partition coefficient (Wildman–Crippen LogP) is 3.19. The van der Waals surface area contributed by atoms with E-state index in [-0.39, 0.29) is 5.91 Å². The Bertz CT molecular complexity index is 1120. The minimum absolute atomic E-state index is 0.246. The van der Waals surface area contributed by atoms with Gasteiger partial charge in [-0.2, -0.15) is 5.10 Å². The molecule has 2 N–H and O–H groups in total. The van der Waals surface area contributed by atoms with E-state index in [1.807, 2.05) is 24.3 Å². The number of aryl methyl sites for hydroxylation is 2. The first-order valence-electron chi connectivity index (χ1n) is 8.51. The molecule has 7 heteroatoms. The zero-order valence-corrected chi connectivity index (χ0v) is 15.0. The van der Waals surface area contributed by atoms with E-state index in [1.54, 1.807) is 23.0 Å². The van der Waals surface area contributed by atoms with Gasteiger partial charge in [-0.25, -0.2) is 14.6 Å². The lowest BCUT2D eigenvalue weighted by molar-refractivity contribution is 0.0962. The number of nitrogens with one attached hydrogen (secondary N) is 2. The largest absolute Gasteiger partial charge is 0.281 e. The number of carbonyl (C=O) groups excluding carboxylic acids is 1. The average molecular weight is 358 g/mol. The van der Waals surface area contributed by atoms with E-state index < -0.39 is 0 Å². The lowest BCUT2D eigenvalue weighted by atomic mass is 10.1. The fourth-order valence-electron chi connectivity index (χ4n) is 2.77. The van der Waals surface area contributed by atoms with E-state index in [0.717, 1.165) is 5.69 Å². The monoisotopic (exact) mass is 358 g/mol. The zero-order valence-electron chi connectivity index (χ0n) is 15.0. The van der Waals surface area contributed by atoms with Gasteiger partial charge in [0.2, 0.25) is 0 Å². The number of benzene rings is 2. The minimum atomic E-state index is -0.246. The molecule has 0 atom stereocenters. The van der Waals surface area contributed by atoms with Crippen molar-refractivity contribution >= 4 is 22.8 Å². The van der Waals surface area contributed by atoms with Gasteiger partial charge in [0.25, 0.3) is 5.91 Å². The fraction of sp³-hybridized carbons (Fsp3) is 0.100. The highest BCUT2D eigenvalue weighted by molar-refractivity contribution is 5.96. The SMILES string of the molecule is Cc1ccc(-n2ncc3c(NNC(=O)c4ccccc4)ncnc32)cc1C. The van der Waals surface area contributed by atoms with Gasteiger partial charge in [0, 0.05) is 5.56 Å². The zero-order chi connectivity index (χ0) is 18.8. The standard InChI is InChI=1S/C20H18N6O/c1-13-8-9-16(10-14(13)2)26-19-17(11-23-26)18(21-12-22-19)24-25-20(27)15-6-4-3-5-7-15/h3-12H,1-2H3,(H,25,27)(H,21,22,24). The first-order chi connectivity index (χ1) is 13.1. The third-order valence-corrected chi connectivity index (χ3v) is 4.43. The number of amides is 1. The molecule has 0 fully saturated rings. The smallest absolute Gasteiger partial charge is 0.269 e. The number of carbonyl (C=O) groups is 1. The molecule has 2 aromatic carbocycles. The Morgan fingerprint density at radius 3 is 2.59 bits per heavy atom. The van der Waals surface area contributed by atoms with Crippen molar-refractivity contribution in [3.8, 4) is 5.69 Å². The van der Waals surface area contributed by atoms with Crippen LogP contribution in [0.3, 0.4) is 0 Å². The molecule has 7 nitrogen and oxygen atoms in total. The summed E-state index contributed by atoms with van der Waals surface area (Å²) in [7, 11) is 0. The summed E-state index contributed by atoms with van der Waals surface area (Å²) in [5.41, 5.74) is 10.1. The van der Waals surface area contributed by atoms with Crippen molar-refractivity contribution in [1.82, 2.24) is 25.2 Å². The second-order valence-electron chi connectivity index (χ2n) is 6.23. The van der Waals surface area contributed by atoms with Gasteiger partial charge in [0.1, 0.15) is 6.33 Å². The second-order valence-corrected chi connectivity index (χ2v) is 6.23. The summed E-state index contributed by atoms with van der Waals surface area (Å²) in [6, 6.07) is 15.1. The number of hydrogen-bond acceptors (Lipinski definition) is 5. The Labute approximate surface area is 156 Å². The van der Waals surface area contributed by atoms with Gasteiger partial charge in [-0.05, 0) is 49.2 Å². The Balaban J connectivity index is 1.63. The lowest BCUT2D eigenvalue weighted by Crippen LogP contribution is -2.29. The van der Waals surface area contributed by atoms with Gasteiger partial charge >= 0.3 is 0 Å². The normalized spacial score (nSPS) is 10.7. The maximum atomic E-state index is 12.2. The molecular weight excluding hydrogens is 340 g/mol. The van der Waals surface area contributed by atoms with Gasteiger partial charge in [-0.15, -0.1) is 0 Å². The summed E-state index contributed by atoms with van der Waals surface area (Å²) in [4.78, 5) is 20.8. The molecule has 0 saturated carbocycles. The molecular formula is C20H18N6O. The number of aromatic nitrogens is 4. The van der Waals surface area contributed by atoms with Gasteiger partial charge in [-0.3, -0.25) is 15.6 Å². The number of fused-ring (bicyclic) bond motifs is 1. The van der Waals surface area contributed by atoms with E-state index in [1.165, 1.54) is 17.5 Å². The minimum Gasteiger partial charge on any atom is -0.281 e.